The first kappa shape index (κ1) is 16.0. The molecule has 124 valence electrons. The normalized spacial score (nSPS) is 21.7. The van der Waals surface area contributed by atoms with Crippen molar-refractivity contribution in [3.63, 3.8) is 0 Å². The standard InChI is InChI=1S/C14H13F3N2O3S/c15-14(16,17)12-10(13(21)22-18-12)7-9-1-2-11(23-9)19-5-3-8(20)4-6-19/h1-2,7-8,20H,3-6H2/b10-7+. The summed E-state index contributed by atoms with van der Waals surface area (Å²) in [5.41, 5.74) is -1.89. The maximum atomic E-state index is 12.8. The van der Waals surface area contributed by atoms with E-state index >= 15 is 0 Å². The first-order valence-electron chi connectivity index (χ1n) is 6.96. The minimum Gasteiger partial charge on any atom is -0.393 e. The third kappa shape index (κ3) is 3.40. The summed E-state index contributed by atoms with van der Waals surface area (Å²) in [4.78, 5) is 18.2. The second-order valence-electron chi connectivity index (χ2n) is 5.27. The minimum atomic E-state index is -4.74. The predicted octanol–water partition coefficient (Wildman–Crippen LogP) is 2.57. The number of halogens is 3. The summed E-state index contributed by atoms with van der Waals surface area (Å²) in [6, 6.07) is 3.44. The van der Waals surface area contributed by atoms with Crippen molar-refractivity contribution < 1.29 is 27.9 Å². The molecule has 0 aliphatic carbocycles. The van der Waals surface area contributed by atoms with Crippen LogP contribution in [0.4, 0.5) is 18.2 Å². The molecular formula is C14H13F3N2O3S. The molecule has 1 N–H and O–H groups in total. The molecule has 0 radical (unpaired) electrons. The molecule has 5 nitrogen and oxygen atoms in total. The van der Waals surface area contributed by atoms with Gasteiger partial charge in [-0.05, 0) is 31.1 Å². The number of rotatable bonds is 2. The van der Waals surface area contributed by atoms with Gasteiger partial charge in [-0.2, -0.15) is 13.2 Å². The van der Waals surface area contributed by atoms with Gasteiger partial charge in [0.25, 0.3) is 0 Å². The van der Waals surface area contributed by atoms with Gasteiger partial charge in [0.15, 0.2) is 5.71 Å². The Morgan fingerprint density at radius 2 is 2.04 bits per heavy atom. The fraction of sp³-hybridized carbons (Fsp3) is 0.429. The molecule has 0 atom stereocenters. The molecule has 1 fully saturated rings. The van der Waals surface area contributed by atoms with Crippen LogP contribution in [0.5, 0.6) is 0 Å². The van der Waals surface area contributed by atoms with Crippen molar-refractivity contribution >= 4 is 34.1 Å². The van der Waals surface area contributed by atoms with Crippen LogP contribution in [0.1, 0.15) is 17.7 Å². The van der Waals surface area contributed by atoms with Gasteiger partial charge in [-0.1, -0.05) is 5.16 Å². The Labute approximate surface area is 133 Å². The molecule has 1 saturated heterocycles. The van der Waals surface area contributed by atoms with Gasteiger partial charge in [-0.15, -0.1) is 11.3 Å². The second kappa shape index (κ2) is 5.97. The van der Waals surface area contributed by atoms with Crippen LogP contribution in [-0.4, -0.2) is 42.2 Å². The van der Waals surface area contributed by atoms with Gasteiger partial charge in [0.1, 0.15) is 0 Å². The Balaban J connectivity index is 1.80. The van der Waals surface area contributed by atoms with Crippen LogP contribution in [0.15, 0.2) is 22.9 Å². The fourth-order valence-electron chi connectivity index (χ4n) is 2.43. The summed E-state index contributed by atoms with van der Waals surface area (Å²) in [6.45, 7) is 1.38. The average molecular weight is 346 g/mol. The summed E-state index contributed by atoms with van der Waals surface area (Å²) < 4.78 is 38.4. The molecule has 0 unspecified atom stereocenters. The number of alkyl halides is 3. The highest BCUT2D eigenvalue weighted by molar-refractivity contribution is 7.17. The highest BCUT2D eigenvalue weighted by Crippen LogP contribution is 2.33. The highest BCUT2D eigenvalue weighted by atomic mass is 32.1. The Kier molecular flexibility index (Phi) is 4.15. The smallest absolute Gasteiger partial charge is 0.393 e. The SMILES string of the molecule is O=C1ON=C(C(F)(F)F)/C1=C\c1ccc(N2CCC(O)CC2)s1. The number of aliphatic hydroxyl groups is 1. The molecule has 23 heavy (non-hydrogen) atoms. The fourth-order valence-corrected chi connectivity index (χ4v) is 3.43. The number of hydrogen-bond acceptors (Lipinski definition) is 6. The van der Waals surface area contributed by atoms with E-state index in [9.17, 15) is 23.1 Å². The number of nitrogens with zero attached hydrogens (tertiary/aromatic N) is 2. The maximum Gasteiger partial charge on any atom is 0.437 e. The molecule has 2 aliphatic heterocycles. The van der Waals surface area contributed by atoms with Crippen LogP contribution in [0, 0.1) is 0 Å². The zero-order valence-corrected chi connectivity index (χ0v) is 12.7. The number of carbonyl (C=O) groups excluding carboxylic acids is 1. The summed E-state index contributed by atoms with van der Waals surface area (Å²) in [7, 11) is 0. The van der Waals surface area contributed by atoms with Crippen molar-refractivity contribution in [2.75, 3.05) is 18.0 Å². The Hall–Kier alpha value is -1.87. The first-order chi connectivity index (χ1) is 10.8. The van der Waals surface area contributed by atoms with E-state index in [1.54, 1.807) is 12.1 Å². The maximum absolute atomic E-state index is 12.8. The number of anilines is 1. The molecule has 0 saturated carbocycles. The van der Waals surface area contributed by atoms with Gasteiger partial charge >= 0.3 is 12.1 Å². The van der Waals surface area contributed by atoms with Gasteiger partial charge in [-0.25, -0.2) is 4.79 Å². The van der Waals surface area contributed by atoms with E-state index in [2.05, 4.69) is 14.9 Å². The van der Waals surface area contributed by atoms with E-state index in [1.807, 2.05) is 0 Å². The molecule has 0 aromatic carbocycles. The molecule has 2 aliphatic rings. The highest BCUT2D eigenvalue weighted by Gasteiger charge is 2.45. The van der Waals surface area contributed by atoms with Gasteiger partial charge in [0.2, 0.25) is 0 Å². The Bertz CT molecular complexity index is 673. The largest absolute Gasteiger partial charge is 0.437 e. The van der Waals surface area contributed by atoms with E-state index in [4.69, 9.17) is 0 Å². The van der Waals surface area contributed by atoms with Crippen molar-refractivity contribution in [2.45, 2.75) is 25.1 Å². The lowest BCUT2D eigenvalue weighted by molar-refractivity contribution is -0.136. The number of aliphatic hydroxyl groups excluding tert-OH is 1. The zero-order valence-electron chi connectivity index (χ0n) is 11.8. The Morgan fingerprint density at radius 1 is 1.35 bits per heavy atom. The third-order valence-electron chi connectivity index (χ3n) is 3.64. The minimum absolute atomic E-state index is 0.299. The van der Waals surface area contributed by atoms with Gasteiger partial charge in [0, 0.05) is 18.0 Å². The lowest BCUT2D eigenvalue weighted by Crippen LogP contribution is -2.35. The molecular weight excluding hydrogens is 333 g/mol. The van der Waals surface area contributed by atoms with Crippen molar-refractivity contribution in [1.82, 2.24) is 0 Å². The van der Waals surface area contributed by atoms with E-state index in [0.29, 0.717) is 30.8 Å². The lowest BCUT2D eigenvalue weighted by atomic mass is 10.1. The topological polar surface area (TPSA) is 62.1 Å². The summed E-state index contributed by atoms with van der Waals surface area (Å²) in [5.74, 6) is -1.10. The van der Waals surface area contributed by atoms with Crippen LogP contribution >= 0.6 is 11.3 Å². The van der Waals surface area contributed by atoms with Crippen LogP contribution in [0.25, 0.3) is 6.08 Å². The average Bonchev–Trinajstić information content (AvgIpc) is 3.08. The van der Waals surface area contributed by atoms with E-state index in [0.717, 1.165) is 11.1 Å². The number of oxime groups is 1. The summed E-state index contributed by atoms with van der Waals surface area (Å²) in [5, 5.41) is 13.2. The quantitative estimate of drug-likeness (QED) is 0.660. The molecule has 0 amide bonds. The second-order valence-corrected chi connectivity index (χ2v) is 6.36. The number of thiophene rings is 1. The predicted molar refractivity (Wildman–Crippen MR) is 79.3 cm³/mol. The van der Waals surface area contributed by atoms with Crippen molar-refractivity contribution in [3.8, 4) is 0 Å². The molecule has 9 heteroatoms. The number of carbonyl (C=O) groups is 1. The van der Waals surface area contributed by atoms with Gasteiger partial charge in [-0.3, -0.25) is 0 Å². The number of hydrogen-bond donors (Lipinski definition) is 1. The first-order valence-corrected chi connectivity index (χ1v) is 7.77. The van der Waals surface area contributed by atoms with Crippen LogP contribution < -0.4 is 4.90 Å². The zero-order chi connectivity index (χ0) is 16.6. The third-order valence-corrected chi connectivity index (χ3v) is 4.73. The van der Waals surface area contributed by atoms with Crippen molar-refractivity contribution in [1.29, 1.82) is 0 Å². The van der Waals surface area contributed by atoms with Gasteiger partial charge in [0.05, 0.1) is 16.7 Å². The van der Waals surface area contributed by atoms with Gasteiger partial charge < -0.3 is 14.8 Å². The van der Waals surface area contributed by atoms with Crippen LogP contribution in [0.3, 0.4) is 0 Å². The number of piperidine rings is 1. The molecule has 3 heterocycles. The van der Waals surface area contributed by atoms with Crippen LogP contribution in [0.2, 0.25) is 0 Å². The molecule has 1 aromatic heterocycles. The van der Waals surface area contributed by atoms with Crippen molar-refractivity contribution in [3.05, 3.63) is 22.6 Å². The van der Waals surface area contributed by atoms with E-state index < -0.39 is 23.4 Å². The molecule has 3 rings (SSSR count). The lowest BCUT2D eigenvalue weighted by Gasteiger charge is -2.30. The molecule has 0 spiro atoms. The monoisotopic (exact) mass is 346 g/mol. The molecule has 1 aromatic rings. The van der Waals surface area contributed by atoms with Crippen LogP contribution in [-0.2, 0) is 9.63 Å². The van der Waals surface area contributed by atoms with E-state index in [1.165, 1.54) is 11.3 Å². The molecule has 0 bridgehead atoms. The summed E-state index contributed by atoms with van der Waals surface area (Å²) in [6.07, 6.45) is -2.57. The summed E-state index contributed by atoms with van der Waals surface area (Å²) >= 11 is 1.28. The Morgan fingerprint density at radius 3 is 2.70 bits per heavy atom. The van der Waals surface area contributed by atoms with E-state index in [-0.39, 0.29) is 6.10 Å². The van der Waals surface area contributed by atoms with Crippen molar-refractivity contribution in [2.24, 2.45) is 5.16 Å².